The molecule has 2 aromatic rings. The summed E-state index contributed by atoms with van der Waals surface area (Å²) >= 11 is 0. The summed E-state index contributed by atoms with van der Waals surface area (Å²) in [4.78, 5) is 2.30. The summed E-state index contributed by atoms with van der Waals surface area (Å²) < 4.78 is 12.9. The van der Waals surface area contributed by atoms with Crippen LogP contribution in [-0.4, -0.2) is 36.4 Å². The lowest BCUT2D eigenvalue weighted by Crippen LogP contribution is -2.29. The highest BCUT2D eigenvalue weighted by atomic mass is 19.1. The topological polar surface area (TPSA) is 53.1 Å². The van der Waals surface area contributed by atoms with Crippen LogP contribution in [0.1, 0.15) is 12.0 Å². The van der Waals surface area contributed by atoms with E-state index in [9.17, 15) is 4.39 Å². The highest BCUT2D eigenvalue weighted by molar-refractivity contribution is 5.53. The van der Waals surface area contributed by atoms with Crippen molar-refractivity contribution in [3.63, 3.8) is 0 Å². The van der Waals surface area contributed by atoms with Gasteiger partial charge < -0.3 is 15.5 Å². The summed E-state index contributed by atoms with van der Waals surface area (Å²) in [7, 11) is 1.99. The molecule has 1 aromatic heterocycles. The summed E-state index contributed by atoms with van der Waals surface area (Å²) in [6.45, 7) is 2.60. The third-order valence-electron chi connectivity index (χ3n) is 3.99. The van der Waals surface area contributed by atoms with Gasteiger partial charge in [0, 0.05) is 31.7 Å². The first-order valence-corrected chi connectivity index (χ1v) is 7.48. The third kappa shape index (κ3) is 3.51. The van der Waals surface area contributed by atoms with Crippen molar-refractivity contribution in [3.8, 4) is 0 Å². The Morgan fingerprint density at radius 3 is 2.86 bits per heavy atom. The third-order valence-corrected chi connectivity index (χ3v) is 3.99. The number of nitrogens with one attached hydrogen (secondary N) is 2. The smallest absolute Gasteiger partial charge is 0.150 e. The van der Waals surface area contributed by atoms with Gasteiger partial charge in [0.2, 0.25) is 0 Å². The fraction of sp³-hybridized carbons (Fsp3) is 0.375. The largest absolute Gasteiger partial charge is 0.369 e. The second kappa shape index (κ2) is 6.70. The lowest BCUT2D eigenvalue weighted by atomic mass is 10.2. The highest BCUT2D eigenvalue weighted by Crippen LogP contribution is 2.21. The fourth-order valence-electron chi connectivity index (χ4n) is 2.64. The second-order valence-electron chi connectivity index (χ2n) is 5.50. The molecule has 3 rings (SSSR count). The molecule has 1 aliphatic rings. The van der Waals surface area contributed by atoms with Crippen molar-refractivity contribution in [2.75, 3.05) is 30.4 Å². The first-order valence-electron chi connectivity index (χ1n) is 7.48. The molecule has 5 nitrogen and oxygen atoms in total. The molecule has 0 aliphatic carbocycles. The number of anilines is 2. The Balaban J connectivity index is 1.63. The molecule has 116 valence electrons. The van der Waals surface area contributed by atoms with E-state index in [-0.39, 0.29) is 5.82 Å². The number of hydrogen-bond acceptors (Lipinski definition) is 5. The van der Waals surface area contributed by atoms with Crippen LogP contribution in [-0.2, 0) is 6.54 Å². The maximum absolute atomic E-state index is 12.9. The lowest BCUT2D eigenvalue weighted by Gasteiger charge is -2.18. The molecule has 22 heavy (non-hydrogen) atoms. The lowest BCUT2D eigenvalue weighted by molar-refractivity contribution is 0.617. The fourth-order valence-corrected chi connectivity index (χ4v) is 2.64. The van der Waals surface area contributed by atoms with E-state index in [2.05, 4.69) is 25.7 Å². The average Bonchev–Trinajstić information content (AvgIpc) is 3.04. The number of aromatic nitrogens is 2. The quantitative estimate of drug-likeness (QED) is 0.885. The molecular weight excluding hydrogens is 281 g/mol. The monoisotopic (exact) mass is 301 g/mol. The zero-order valence-electron chi connectivity index (χ0n) is 12.6. The first-order chi connectivity index (χ1) is 10.7. The van der Waals surface area contributed by atoms with Gasteiger partial charge in [-0.15, -0.1) is 5.10 Å². The number of hydrogen-bond donors (Lipinski definition) is 2. The molecule has 2 N–H and O–H groups in total. The molecule has 0 amide bonds. The van der Waals surface area contributed by atoms with Gasteiger partial charge in [0.05, 0.1) is 11.9 Å². The van der Waals surface area contributed by atoms with E-state index in [4.69, 9.17) is 0 Å². The van der Waals surface area contributed by atoms with Crippen LogP contribution in [0.15, 0.2) is 36.5 Å². The van der Waals surface area contributed by atoms with Crippen LogP contribution in [0.3, 0.4) is 0 Å². The molecule has 0 unspecified atom stereocenters. The summed E-state index contributed by atoms with van der Waals surface area (Å²) in [5.41, 5.74) is 2.08. The second-order valence-corrected chi connectivity index (χ2v) is 5.50. The van der Waals surface area contributed by atoms with Crippen molar-refractivity contribution >= 4 is 11.5 Å². The van der Waals surface area contributed by atoms with Gasteiger partial charge in [0.1, 0.15) is 5.82 Å². The minimum absolute atomic E-state index is 0.223. The Labute approximate surface area is 129 Å². The molecule has 1 aromatic carbocycles. The molecule has 2 heterocycles. The number of likely N-dealkylation sites (N-methyl/N-ethyl adjacent to an activating group) is 1. The predicted molar refractivity (Wildman–Crippen MR) is 85.4 cm³/mol. The van der Waals surface area contributed by atoms with Crippen LogP contribution in [0, 0.1) is 5.82 Å². The predicted octanol–water partition coefficient (Wildman–Crippen LogP) is 2.03. The summed E-state index contributed by atoms with van der Waals surface area (Å²) in [5.74, 6) is 0.508. The standard InChI is InChI=1S/C16H20FN5/c1-18-14-6-7-22(11-14)15-8-16(21-20-10-15)19-9-12-2-4-13(17)5-3-12/h2-5,8,10,14,18H,6-7,9,11H2,1H3,(H,19,21)/t14-/m0/s1. The van der Waals surface area contributed by atoms with Gasteiger partial charge in [-0.1, -0.05) is 12.1 Å². The Kier molecular flexibility index (Phi) is 4.48. The van der Waals surface area contributed by atoms with Crippen molar-refractivity contribution in [2.24, 2.45) is 0 Å². The molecule has 1 fully saturated rings. The van der Waals surface area contributed by atoms with Crippen molar-refractivity contribution in [1.29, 1.82) is 0 Å². The van der Waals surface area contributed by atoms with E-state index in [0.717, 1.165) is 36.6 Å². The molecular formula is C16H20FN5. The summed E-state index contributed by atoms with van der Waals surface area (Å²) in [6, 6.07) is 8.98. The van der Waals surface area contributed by atoms with Gasteiger partial charge in [0.15, 0.2) is 5.82 Å². The minimum Gasteiger partial charge on any atom is -0.369 e. The maximum atomic E-state index is 12.9. The Morgan fingerprint density at radius 1 is 1.32 bits per heavy atom. The number of nitrogens with zero attached hydrogens (tertiary/aromatic N) is 3. The normalized spacial score (nSPS) is 17.7. The Morgan fingerprint density at radius 2 is 2.14 bits per heavy atom. The van der Waals surface area contributed by atoms with E-state index in [1.165, 1.54) is 12.1 Å². The Bertz CT molecular complexity index is 616. The van der Waals surface area contributed by atoms with Crippen LogP contribution in [0.25, 0.3) is 0 Å². The minimum atomic E-state index is -0.223. The molecule has 1 aliphatic heterocycles. The highest BCUT2D eigenvalue weighted by Gasteiger charge is 2.21. The first kappa shape index (κ1) is 14.7. The maximum Gasteiger partial charge on any atom is 0.150 e. The van der Waals surface area contributed by atoms with Crippen molar-refractivity contribution in [2.45, 2.75) is 19.0 Å². The number of rotatable bonds is 5. The van der Waals surface area contributed by atoms with Gasteiger partial charge in [-0.05, 0) is 31.2 Å². The number of halogens is 1. The van der Waals surface area contributed by atoms with Crippen LogP contribution in [0.4, 0.5) is 15.9 Å². The van der Waals surface area contributed by atoms with Gasteiger partial charge >= 0.3 is 0 Å². The zero-order chi connectivity index (χ0) is 15.4. The summed E-state index contributed by atoms with van der Waals surface area (Å²) in [6.07, 6.45) is 2.93. The van der Waals surface area contributed by atoms with Gasteiger partial charge in [-0.25, -0.2) is 4.39 Å². The van der Waals surface area contributed by atoms with Gasteiger partial charge in [-0.3, -0.25) is 0 Å². The molecule has 0 bridgehead atoms. The zero-order valence-corrected chi connectivity index (χ0v) is 12.6. The van der Waals surface area contributed by atoms with E-state index in [0.29, 0.717) is 12.6 Å². The molecule has 6 heteroatoms. The Hall–Kier alpha value is -2.21. The van der Waals surface area contributed by atoms with E-state index in [1.54, 1.807) is 18.3 Å². The van der Waals surface area contributed by atoms with E-state index in [1.807, 2.05) is 13.1 Å². The molecule has 0 saturated carbocycles. The van der Waals surface area contributed by atoms with Gasteiger partial charge in [-0.2, -0.15) is 5.10 Å². The van der Waals surface area contributed by atoms with Crippen LogP contribution in [0.5, 0.6) is 0 Å². The van der Waals surface area contributed by atoms with Crippen molar-refractivity contribution in [3.05, 3.63) is 47.9 Å². The molecule has 1 saturated heterocycles. The van der Waals surface area contributed by atoms with Crippen LogP contribution >= 0.6 is 0 Å². The van der Waals surface area contributed by atoms with Crippen molar-refractivity contribution in [1.82, 2.24) is 15.5 Å². The summed E-state index contributed by atoms with van der Waals surface area (Å²) in [5, 5.41) is 14.7. The van der Waals surface area contributed by atoms with E-state index >= 15 is 0 Å². The molecule has 1 atom stereocenters. The molecule has 0 radical (unpaired) electrons. The SMILES string of the molecule is CN[C@H]1CCN(c2cnnc(NCc3ccc(F)cc3)c2)C1. The molecule has 0 spiro atoms. The van der Waals surface area contributed by atoms with Crippen molar-refractivity contribution < 1.29 is 4.39 Å². The average molecular weight is 301 g/mol. The van der Waals surface area contributed by atoms with Gasteiger partial charge in [0.25, 0.3) is 0 Å². The van der Waals surface area contributed by atoms with E-state index < -0.39 is 0 Å². The number of benzene rings is 1. The van der Waals surface area contributed by atoms with Crippen LogP contribution < -0.4 is 15.5 Å². The van der Waals surface area contributed by atoms with Crippen LogP contribution in [0.2, 0.25) is 0 Å².